The second-order valence-electron chi connectivity index (χ2n) is 6.17. The van der Waals surface area contributed by atoms with Gasteiger partial charge in [0.2, 0.25) is 6.29 Å². The molecule has 0 fully saturated rings. The average molecular weight is 374 g/mol. The van der Waals surface area contributed by atoms with Crippen LogP contribution in [-0.4, -0.2) is 25.3 Å². The van der Waals surface area contributed by atoms with E-state index in [1.54, 1.807) is 7.11 Å². The first kappa shape index (κ1) is 22.5. The molecule has 0 spiro atoms. The molecule has 0 amide bonds. The van der Waals surface area contributed by atoms with E-state index in [2.05, 4.69) is 0 Å². The maximum atomic E-state index is 12.2. The predicted molar refractivity (Wildman–Crippen MR) is 107 cm³/mol. The summed E-state index contributed by atoms with van der Waals surface area (Å²) in [4.78, 5) is 23.9. The third-order valence-electron chi connectivity index (χ3n) is 3.96. The molecule has 148 valence electrons. The summed E-state index contributed by atoms with van der Waals surface area (Å²) in [7, 11) is 1.63. The van der Waals surface area contributed by atoms with Crippen molar-refractivity contribution >= 4 is 22.7 Å². The molecule has 0 radical (unpaired) electrons. The second kappa shape index (κ2) is 11.2. The Bertz CT molecular complexity index is 753. The Morgan fingerprint density at radius 1 is 0.926 bits per heavy atom. The quantitative estimate of drug-likeness (QED) is 0.454. The van der Waals surface area contributed by atoms with Crippen molar-refractivity contribution in [1.82, 2.24) is 0 Å². The van der Waals surface area contributed by atoms with Gasteiger partial charge in [0.15, 0.2) is 0 Å². The van der Waals surface area contributed by atoms with Gasteiger partial charge in [-0.25, -0.2) is 0 Å². The van der Waals surface area contributed by atoms with Gasteiger partial charge >= 0.3 is 11.9 Å². The van der Waals surface area contributed by atoms with Gasteiger partial charge in [0, 0.05) is 12.8 Å². The Kier molecular flexibility index (Phi) is 9.34. The van der Waals surface area contributed by atoms with Crippen LogP contribution in [0.2, 0.25) is 0 Å². The summed E-state index contributed by atoms with van der Waals surface area (Å²) in [5.74, 6) is 0.0555. The van der Waals surface area contributed by atoms with E-state index in [9.17, 15) is 9.59 Å². The van der Waals surface area contributed by atoms with Gasteiger partial charge in [0.1, 0.15) is 5.75 Å². The first-order valence-electron chi connectivity index (χ1n) is 9.01. The number of esters is 2. The second-order valence-corrected chi connectivity index (χ2v) is 6.17. The summed E-state index contributed by atoms with van der Waals surface area (Å²) in [5, 5.41) is 2.06. The standard InChI is InChI=1S/C21H26O5.CH4/c1-4-6-19(22)25-21(7-5-2)26-20(23)13-15-8-9-17-14-18(24-3)11-10-16(17)12-15;/h8-12,14,21H,4-7,13H2,1-3H3;1H4. The normalized spacial score (nSPS) is 11.4. The lowest BCUT2D eigenvalue weighted by Crippen LogP contribution is -2.25. The first-order valence-corrected chi connectivity index (χ1v) is 9.01. The van der Waals surface area contributed by atoms with Crippen LogP contribution >= 0.6 is 0 Å². The minimum atomic E-state index is -0.809. The third-order valence-corrected chi connectivity index (χ3v) is 3.96. The van der Waals surface area contributed by atoms with E-state index in [1.165, 1.54) is 0 Å². The summed E-state index contributed by atoms with van der Waals surface area (Å²) >= 11 is 0. The molecule has 0 saturated carbocycles. The zero-order valence-electron chi connectivity index (χ0n) is 15.6. The molecule has 2 rings (SSSR count). The van der Waals surface area contributed by atoms with Gasteiger partial charge in [-0.05, 0) is 41.3 Å². The molecule has 1 unspecified atom stereocenters. The molecule has 5 nitrogen and oxygen atoms in total. The van der Waals surface area contributed by atoms with Gasteiger partial charge in [-0.1, -0.05) is 45.5 Å². The molecule has 0 aliphatic carbocycles. The summed E-state index contributed by atoms with van der Waals surface area (Å²) in [5.41, 5.74) is 0.850. The number of fused-ring (bicyclic) bond motifs is 1. The molecule has 0 heterocycles. The van der Waals surface area contributed by atoms with Crippen molar-refractivity contribution in [2.45, 2.75) is 59.7 Å². The van der Waals surface area contributed by atoms with Crippen LogP contribution < -0.4 is 4.74 Å². The van der Waals surface area contributed by atoms with Gasteiger partial charge in [-0.15, -0.1) is 0 Å². The third kappa shape index (κ3) is 6.93. The van der Waals surface area contributed by atoms with Crippen LogP contribution in [0, 0.1) is 0 Å². The van der Waals surface area contributed by atoms with Crippen LogP contribution in [0.1, 0.15) is 52.5 Å². The number of hydrogen-bond donors (Lipinski definition) is 0. The Balaban J connectivity index is 0.00000364. The highest BCUT2D eigenvalue weighted by atomic mass is 16.7. The van der Waals surface area contributed by atoms with E-state index in [0.29, 0.717) is 19.3 Å². The molecule has 0 aliphatic heterocycles. The van der Waals surface area contributed by atoms with Gasteiger partial charge in [0.25, 0.3) is 0 Å². The molecule has 27 heavy (non-hydrogen) atoms. The van der Waals surface area contributed by atoms with Gasteiger partial charge in [-0.3, -0.25) is 9.59 Å². The SMILES string of the molecule is C.CCCC(=O)OC(CCC)OC(=O)Cc1ccc2cc(OC)ccc2c1. The lowest BCUT2D eigenvalue weighted by Gasteiger charge is -2.17. The zero-order valence-corrected chi connectivity index (χ0v) is 15.6. The molecule has 0 N–H and O–H groups in total. The van der Waals surface area contributed by atoms with E-state index < -0.39 is 12.3 Å². The highest BCUT2D eigenvalue weighted by molar-refractivity contribution is 5.85. The van der Waals surface area contributed by atoms with Crippen LogP contribution in [0.3, 0.4) is 0 Å². The molecule has 0 aliphatic rings. The monoisotopic (exact) mass is 374 g/mol. The molecule has 0 aromatic heterocycles. The van der Waals surface area contributed by atoms with Crippen LogP contribution in [0.25, 0.3) is 10.8 Å². The maximum absolute atomic E-state index is 12.2. The predicted octanol–water partition coefficient (Wildman–Crippen LogP) is 5.04. The molecule has 1 atom stereocenters. The van der Waals surface area contributed by atoms with Gasteiger partial charge < -0.3 is 14.2 Å². The highest BCUT2D eigenvalue weighted by Crippen LogP contribution is 2.22. The number of ether oxygens (including phenoxy) is 3. The molecular formula is C22H30O5. The number of carbonyl (C=O) groups excluding carboxylic acids is 2. The fourth-order valence-electron chi connectivity index (χ4n) is 2.65. The van der Waals surface area contributed by atoms with Crippen molar-refractivity contribution in [3.63, 3.8) is 0 Å². The van der Waals surface area contributed by atoms with Crippen molar-refractivity contribution in [2.75, 3.05) is 7.11 Å². The van der Waals surface area contributed by atoms with E-state index in [4.69, 9.17) is 14.2 Å². The molecule has 0 bridgehead atoms. The molecule has 2 aromatic carbocycles. The number of methoxy groups -OCH3 is 1. The van der Waals surface area contributed by atoms with E-state index in [0.717, 1.165) is 28.5 Å². The first-order chi connectivity index (χ1) is 12.5. The molecular weight excluding hydrogens is 344 g/mol. The molecule has 0 saturated heterocycles. The van der Waals surface area contributed by atoms with E-state index >= 15 is 0 Å². The average Bonchev–Trinajstić information content (AvgIpc) is 2.61. The number of hydrogen-bond acceptors (Lipinski definition) is 5. The van der Waals surface area contributed by atoms with Crippen LogP contribution in [-0.2, 0) is 25.5 Å². The van der Waals surface area contributed by atoms with Crippen LogP contribution in [0.15, 0.2) is 36.4 Å². The van der Waals surface area contributed by atoms with Crippen LogP contribution in [0.4, 0.5) is 0 Å². The van der Waals surface area contributed by atoms with Gasteiger partial charge in [-0.2, -0.15) is 0 Å². The summed E-state index contributed by atoms with van der Waals surface area (Å²) in [6.45, 7) is 3.85. The lowest BCUT2D eigenvalue weighted by molar-refractivity contribution is -0.188. The van der Waals surface area contributed by atoms with E-state index in [-0.39, 0.29) is 19.8 Å². The Labute approximate surface area is 161 Å². The number of carbonyl (C=O) groups is 2. The van der Waals surface area contributed by atoms with Crippen molar-refractivity contribution in [2.24, 2.45) is 0 Å². The minimum absolute atomic E-state index is 0. The molecule has 5 heteroatoms. The summed E-state index contributed by atoms with van der Waals surface area (Å²) in [6.07, 6.45) is 1.61. The van der Waals surface area contributed by atoms with Crippen LogP contribution in [0.5, 0.6) is 5.75 Å². The lowest BCUT2D eigenvalue weighted by atomic mass is 10.0. The zero-order chi connectivity index (χ0) is 18.9. The largest absolute Gasteiger partial charge is 0.497 e. The topological polar surface area (TPSA) is 61.8 Å². The smallest absolute Gasteiger partial charge is 0.313 e. The minimum Gasteiger partial charge on any atom is -0.497 e. The van der Waals surface area contributed by atoms with Crippen molar-refractivity contribution in [3.8, 4) is 5.75 Å². The summed E-state index contributed by atoms with van der Waals surface area (Å²) in [6, 6.07) is 11.6. The van der Waals surface area contributed by atoms with E-state index in [1.807, 2.05) is 50.2 Å². The van der Waals surface area contributed by atoms with Gasteiger partial charge in [0.05, 0.1) is 13.5 Å². The fraction of sp³-hybridized carbons (Fsp3) is 0.455. The fourth-order valence-corrected chi connectivity index (χ4v) is 2.65. The van der Waals surface area contributed by atoms with Crippen molar-refractivity contribution < 1.29 is 23.8 Å². The van der Waals surface area contributed by atoms with Crippen molar-refractivity contribution in [1.29, 1.82) is 0 Å². The summed E-state index contributed by atoms with van der Waals surface area (Å²) < 4.78 is 15.8. The Morgan fingerprint density at radius 3 is 2.26 bits per heavy atom. The maximum Gasteiger partial charge on any atom is 0.313 e. The highest BCUT2D eigenvalue weighted by Gasteiger charge is 2.18. The number of rotatable bonds is 9. The Morgan fingerprint density at radius 2 is 1.59 bits per heavy atom. The Hall–Kier alpha value is -2.56. The molecule has 2 aromatic rings. The number of benzene rings is 2. The van der Waals surface area contributed by atoms with Crippen molar-refractivity contribution in [3.05, 3.63) is 42.0 Å².